The van der Waals surface area contributed by atoms with E-state index in [0.717, 1.165) is 5.56 Å². The van der Waals surface area contributed by atoms with Crippen LogP contribution in [0.3, 0.4) is 0 Å². The molecule has 2 aromatic rings. The Kier molecular flexibility index (Phi) is 4.24. The van der Waals surface area contributed by atoms with Crippen LogP contribution in [0.4, 0.5) is 0 Å². The lowest BCUT2D eigenvalue weighted by atomic mass is 10.1. The molecule has 0 aromatic heterocycles. The summed E-state index contributed by atoms with van der Waals surface area (Å²) in [5.74, 6) is 0. The van der Waals surface area contributed by atoms with Crippen LogP contribution in [0.2, 0.25) is 5.02 Å². The van der Waals surface area contributed by atoms with Crippen molar-refractivity contribution in [1.29, 1.82) is 0 Å². The number of hydrogen-bond acceptors (Lipinski definition) is 2. The molecule has 0 aliphatic heterocycles. The van der Waals surface area contributed by atoms with Crippen molar-refractivity contribution in [3.8, 4) is 0 Å². The summed E-state index contributed by atoms with van der Waals surface area (Å²) in [6, 6.07) is 15.1. The highest BCUT2D eigenvalue weighted by Gasteiger charge is 2.17. The maximum absolute atomic E-state index is 12.1. The van der Waals surface area contributed by atoms with Gasteiger partial charge < -0.3 is 0 Å². The zero-order chi connectivity index (χ0) is 13.9. The maximum Gasteiger partial charge on any atom is 0.241 e. The molecule has 0 bridgehead atoms. The number of nitrogens with one attached hydrogen (secondary N) is 1. The molecule has 19 heavy (non-hydrogen) atoms. The van der Waals surface area contributed by atoms with E-state index < -0.39 is 10.0 Å². The van der Waals surface area contributed by atoms with Crippen LogP contribution < -0.4 is 4.72 Å². The monoisotopic (exact) mass is 295 g/mol. The van der Waals surface area contributed by atoms with Crippen LogP contribution in [-0.2, 0) is 10.0 Å². The molecule has 0 aliphatic rings. The second kappa shape index (κ2) is 5.74. The molecule has 0 radical (unpaired) electrons. The third-order valence-corrected chi connectivity index (χ3v) is 4.56. The minimum atomic E-state index is -3.50. The molecular weight excluding hydrogens is 282 g/mol. The van der Waals surface area contributed by atoms with Gasteiger partial charge in [0.2, 0.25) is 10.0 Å². The average Bonchev–Trinajstić information content (AvgIpc) is 2.40. The molecule has 2 rings (SSSR count). The van der Waals surface area contributed by atoms with Crippen LogP contribution in [0.1, 0.15) is 18.5 Å². The molecule has 0 fully saturated rings. The van der Waals surface area contributed by atoms with Gasteiger partial charge in [-0.15, -0.1) is 0 Å². The Morgan fingerprint density at radius 1 is 1.00 bits per heavy atom. The Bertz CT molecular complexity index is 639. The molecule has 0 unspecified atom stereocenters. The van der Waals surface area contributed by atoms with Crippen LogP contribution >= 0.6 is 11.6 Å². The second-order valence-corrected chi connectivity index (χ2v) is 6.36. The van der Waals surface area contributed by atoms with Crippen molar-refractivity contribution in [3.63, 3.8) is 0 Å². The number of halogens is 1. The topological polar surface area (TPSA) is 46.2 Å². The van der Waals surface area contributed by atoms with E-state index in [1.807, 2.05) is 0 Å². The van der Waals surface area contributed by atoms with E-state index in [4.69, 9.17) is 11.6 Å². The summed E-state index contributed by atoms with van der Waals surface area (Å²) in [4.78, 5) is 0.260. The normalized spacial score (nSPS) is 13.2. The highest BCUT2D eigenvalue weighted by molar-refractivity contribution is 7.89. The second-order valence-electron chi connectivity index (χ2n) is 4.21. The van der Waals surface area contributed by atoms with E-state index in [0.29, 0.717) is 5.02 Å². The van der Waals surface area contributed by atoms with Crippen LogP contribution in [0, 0.1) is 0 Å². The van der Waals surface area contributed by atoms with Crippen molar-refractivity contribution in [2.45, 2.75) is 17.9 Å². The lowest BCUT2D eigenvalue weighted by Crippen LogP contribution is -2.26. The van der Waals surface area contributed by atoms with Gasteiger partial charge >= 0.3 is 0 Å². The van der Waals surface area contributed by atoms with Gasteiger partial charge in [0, 0.05) is 11.1 Å². The fraction of sp³-hybridized carbons (Fsp3) is 0.143. The first-order valence-electron chi connectivity index (χ1n) is 5.82. The predicted molar refractivity (Wildman–Crippen MR) is 76.6 cm³/mol. The first-order valence-corrected chi connectivity index (χ1v) is 7.68. The van der Waals surface area contributed by atoms with Crippen molar-refractivity contribution < 1.29 is 8.42 Å². The zero-order valence-electron chi connectivity index (χ0n) is 10.4. The predicted octanol–water partition coefficient (Wildman–Crippen LogP) is 3.38. The van der Waals surface area contributed by atoms with Gasteiger partial charge in [0.15, 0.2) is 0 Å². The summed E-state index contributed by atoms with van der Waals surface area (Å²) >= 11 is 5.81. The number of sulfonamides is 1. The quantitative estimate of drug-likeness (QED) is 0.940. The highest BCUT2D eigenvalue weighted by Crippen LogP contribution is 2.18. The van der Waals surface area contributed by atoms with Crippen LogP contribution in [-0.4, -0.2) is 8.42 Å². The van der Waals surface area contributed by atoms with Crippen molar-refractivity contribution in [1.82, 2.24) is 4.72 Å². The van der Waals surface area contributed by atoms with Gasteiger partial charge in [0.1, 0.15) is 0 Å². The minimum absolute atomic E-state index is 0.260. The molecule has 100 valence electrons. The third-order valence-electron chi connectivity index (χ3n) is 2.76. The van der Waals surface area contributed by atoms with Crippen LogP contribution in [0.25, 0.3) is 0 Å². The smallest absolute Gasteiger partial charge is 0.207 e. The van der Waals surface area contributed by atoms with Crippen molar-refractivity contribution in [3.05, 3.63) is 65.2 Å². The van der Waals surface area contributed by atoms with E-state index in [1.54, 1.807) is 61.5 Å². The summed E-state index contributed by atoms with van der Waals surface area (Å²) in [5.41, 5.74) is 0.865. The molecule has 1 N–H and O–H groups in total. The average molecular weight is 296 g/mol. The summed E-state index contributed by atoms with van der Waals surface area (Å²) in [6.45, 7) is 1.80. The highest BCUT2D eigenvalue weighted by atomic mass is 35.5. The maximum atomic E-state index is 12.1. The van der Waals surface area contributed by atoms with Crippen molar-refractivity contribution >= 4 is 21.6 Å². The van der Waals surface area contributed by atoms with E-state index in [9.17, 15) is 8.42 Å². The third kappa shape index (κ3) is 3.56. The van der Waals surface area contributed by atoms with Gasteiger partial charge in [0.25, 0.3) is 0 Å². The molecule has 3 nitrogen and oxygen atoms in total. The fourth-order valence-corrected chi connectivity index (χ4v) is 3.10. The number of hydrogen-bond donors (Lipinski definition) is 1. The molecule has 1 atom stereocenters. The van der Waals surface area contributed by atoms with E-state index in [-0.39, 0.29) is 10.9 Å². The lowest BCUT2D eigenvalue weighted by molar-refractivity contribution is 0.567. The van der Waals surface area contributed by atoms with E-state index in [2.05, 4.69) is 4.72 Å². The Labute approximate surface area is 118 Å². The molecule has 0 saturated heterocycles. The Morgan fingerprint density at radius 3 is 2.16 bits per heavy atom. The molecule has 0 spiro atoms. The largest absolute Gasteiger partial charge is 0.241 e. The first kappa shape index (κ1) is 14.1. The fourth-order valence-electron chi connectivity index (χ4n) is 1.72. The summed E-state index contributed by atoms with van der Waals surface area (Å²) in [7, 11) is -3.50. The Morgan fingerprint density at radius 2 is 1.58 bits per heavy atom. The molecular formula is C14H14ClNO2S. The Hall–Kier alpha value is -1.36. The van der Waals surface area contributed by atoms with Gasteiger partial charge in [-0.1, -0.05) is 41.9 Å². The molecule has 0 amide bonds. The molecule has 0 saturated carbocycles. The van der Waals surface area contributed by atoms with Crippen LogP contribution in [0.5, 0.6) is 0 Å². The first-order chi connectivity index (χ1) is 8.99. The van der Waals surface area contributed by atoms with Gasteiger partial charge in [-0.05, 0) is 36.8 Å². The van der Waals surface area contributed by atoms with Gasteiger partial charge in [-0.25, -0.2) is 13.1 Å². The molecule has 0 heterocycles. The van der Waals surface area contributed by atoms with Gasteiger partial charge in [-0.3, -0.25) is 0 Å². The lowest BCUT2D eigenvalue weighted by Gasteiger charge is -2.14. The molecule has 5 heteroatoms. The molecule has 2 aromatic carbocycles. The standard InChI is InChI=1S/C14H14ClNO2S/c1-11(12-7-9-13(15)10-8-12)16-19(17,18)14-5-3-2-4-6-14/h2-11,16H,1H3/t11-/m0/s1. The minimum Gasteiger partial charge on any atom is -0.207 e. The SMILES string of the molecule is C[C@H](NS(=O)(=O)c1ccccc1)c1ccc(Cl)cc1. The van der Waals surface area contributed by atoms with Crippen molar-refractivity contribution in [2.75, 3.05) is 0 Å². The number of rotatable bonds is 4. The number of benzene rings is 2. The van der Waals surface area contributed by atoms with Crippen LogP contribution in [0.15, 0.2) is 59.5 Å². The van der Waals surface area contributed by atoms with E-state index in [1.165, 1.54) is 0 Å². The zero-order valence-corrected chi connectivity index (χ0v) is 11.9. The van der Waals surface area contributed by atoms with E-state index >= 15 is 0 Å². The summed E-state index contributed by atoms with van der Waals surface area (Å²) in [5, 5.41) is 0.627. The van der Waals surface area contributed by atoms with Crippen molar-refractivity contribution in [2.24, 2.45) is 0 Å². The van der Waals surface area contributed by atoms with Gasteiger partial charge in [-0.2, -0.15) is 0 Å². The summed E-state index contributed by atoms with van der Waals surface area (Å²) in [6.07, 6.45) is 0. The summed E-state index contributed by atoms with van der Waals surface area (Å²) < 4.78 is 26.9. The Balaban J connectivity index is 2.19. The molecule has 0 aliphatic carbocycles. The van der Waals surface area contributed by atoms with Gasteiger partial charge in [0.05, 0.1) is 4.90 Å².